The number of rotatable bonds is 4. The number of oxime groups is 1. The van der Waals surface area contributed by atoms with Crippen LogP contribution in [0, 0.1) is 0 Å². The molecule has 0 radical (unpaired) electrons. The Morgan fingerprint density at radius 3 is 2.48 bits per heavy atom. The fraction of sp³-hybridized carbons (Fsp3) is 0.0588. The van der Waals surface area contributed by atoms with Gasteiger partial charge in [0.05, 0.1) is 11.9 Å². The van der Waals surface area contributed by atoms with Crippen LogP contribution in [0.4, 0.5) is 5.69 Å². The summed E-state index contributed by atoms with van der Waals surface area (Å²) in [7, 11) is 1.68. The number of para-hydroxylation sites is 1. The summed E-state index contributed by atoms with van der Waals surface area (Å²) in [5, 5.41) is 11.7. The summed E-state index contributed by atoms with van der Waals surface area (Å²) in [4.78, 5) is 13.7. The number of carbonyl (C=O) groups is 1. The van der Waals surface area contributed by atoms with E-state index in [1.165, 1.54) is 17.2 Å². The topological polar surface area (TPSA) is 52.9 Å². The van der Waals surface area contributed by atoms with Gasteiger partial charge in [-0.1, -0.05) is 53.7 Å². The summed E-state index contributed by atoms with van der Waals surface area (Å²) in [5.74, 6) is -0.155. The van der Waals surface area contributed by atoms with Gasteiger partial charge < -0.3 is 10.1 Å². The summed E-state index contributed by atoms with van der Waals surface area (Å²) in [6.07, 6.45) is 4.59. The number of carbonyl (C=O) groups excluding carboxylic acids is 1. The zero-order valence-corrected chi connectivity index (χ0v) is 11.7. The van der Waals surface area contributed by atoms with E-state index in [0.29, 0.717) is 11.3 Å². The first-order valence-electron chi connectivity index (χ1n) is 6.49. The Hall–Kier alpha value is -2.88. The molecule has 2 rings (SSSR count). The van der Waals surface area contributed by atoms with E-state index in [0.717, 1.165) is 5.56 Å². The summed E-state index contributed by atoms with van der Waals surface area (Å²) in [6, 6.07) is 16.8. The van der Waals surface area contributed by atoms with Crippen LogP contribution in [0.25, 0.3) is 6.08 Å². The number of hydrogen-bond acceptors (Lipinski definition) is 3. The molecule has 106 valence electrons. The second-order valence-corrected chi connectivity index (χ2v) is 4.44. The SMILES string of the molecule is CN(C(=O)/C=C/c1ccccc1)c1ccccc1/C=N/O. The van der Waals surface area contributed by atoms with E-state index in [4.69, 9.17) is 5.21 Å². The molecule has 0 saturated heterocycles. The molecular weight excluding hydrogens is 264 g/mol. The zero-order valence-electron chi connectivity index (χ0n) is 11.7. The first-order valence-corrected chi connectivity index (χ1v) is 6.49. The van der Waals surface area contributed by atoms with Crippen LogP contribution < -0.4 is 4.90 Å². The minimum atomic E-state index is -0.155. The molecule has 0 atom stereocenters. The fourth-order valence-corrected chi connectivity index (χ4v) is 1.93. The molecule has 0 aliphatic carbocycles. The monoisotopic (exact) mass is 280 g/mol. The smallest absolute Gasteiger partial charge is 0.250 e. The van der Waals surface area contributed by atoms with Crippen molar-refractivity contribution in [3.05, 3.63) is 71.8 Å². The Labute approximate surface area is 123 Å². The van der Waals surface area contributed by atoms with Crippen molar-refractivity contribution in [1.82, 2.24) is 0 Å². The van der Waals surface area contributed by atoms with Crippen molar-refractivity contribution in [2.45, 2.75) is 0 Å². The average molecular weight is 280 g/mol. The van der Waals surface area contributed by atoms with Crippen molar-refractivity contribution in [1.29, 1.82) is 0 Å². The van der Waals surface area contributed by atoms with Crippen LogP contribution in [0.3, 0.4) is 0 Å². The molecule has 4 nitrogen and oxygen atoms in total. The average Bonchev–Trinajstić information content (AvgIpc) is 2.54. The molecule has 0 fully saturated rings. The summed E-state index contributed by atoms with van der Waals surface area (Å²) in [5.41, 5.74) is 2.31. The van der Waals surface area contributed by atoms with Gasteiger partial charge in [0.25, 0.3) is 5.91 Å². The van der Waals surface area contributed by atoms with Gasteiger partial charge in [-0.3, -0.25) is 4.79 Å². The highest BCUT2D eigenvalue weighted by atomic mass is 16.4. The van der Waals surface area contributed by atoms with Gasteiger partial charge in [0, 0.05) is 18.7 Å². The Kier molecular flexibility index (Phi) is 4.88. The Balaban J connectivity index is 2.18. The molecule has 1 N–H and O–H groups in total. The van der Waals surface area contributed by atoms with Crippen LogP contribution in [0.15, 0.2) is 65.8 Å². The van der Waals surface area contributed by atoms with Crippen molar-refractivity contribution in [2.75, 3.05) is 11.9 Å². The molecule has 0 aliphatic rings. The van der Waals surface area contributed by atoms with E-state index in [1.807, 2.05) is 42.5 Å². The predicted octanol–water partition coefficient (Wildman–Crippen LogP) is 3.17. The summed E-state index contributed by atoms with van der Waals surface area (Å²) >= 11 is 0. The summed E-state index contributed by atoms with van der Waals surface area (Å²) in [6.45, 7) is 0. The molecule has 0 heterocycles. The minimum absolute atomic E-state index is 0.155. The highest BCUT2D eigenvalue weighted by Gasteiger charge is 2.10. The van der Waals surface area contributed by atoms with Gasteiger partial charge in [-0.15, -0.1) is 0 Å². The standard InChI is InChI=1S/C17H16N2O2/c1-19(16-10-6-5-9-15(16)13-18-21)17(20)12-11-14-7-3-2-4-8-14/h2-13,21H,1H3/b12-11+,18-13+. The van der Waals surface area contributed by atoms with Crippen LogP contribution in [-0.2, 0) is 4.79 Å². The van der Waals surface area contributed by atoms with Gasteiger partial charge in [-0.05, 0) is 17.7 Å². The minimum Gasteiger partial charge on any atom is -0.411 e. The summed E-state index contributed by atoms with van der Waals surface area (Å²) < 4.78 is 0. The quantitative estimate of drug-likeness (QED) is 0.405. The van der Waals surface area contributed by atoms with Crippen LogP contribution in [0.1, 0.15) is 11.1 Å². The van der Waals surface area contributed by atoms with E-state index in [1.54, 1.807) is 25.3 Å². The first kappa shape index (κ1) is 14.5. The molecule has 0 saturated carbocycles. The lowest BCUT2D eigenvalue weighted by Gasteiger charge is -2.17. The molecule has 0 aliphatic heterocycles. The largest absolute Gasteiger partial charge is 0.411 e. The molecule has 0 aromatic heterocycles. The maximum Gasteiger partial charge on any atom is 0.250 e. The molecule has 21 heavy (non-hydrogen) atoms. The van der Waals surface area contributed by atoms with Gasteiger partial charge in [0.1, 0.15) is 0 Å². The predicted molar refractivity (Wildman–Crippen MR) is 84.7 cm³/mol. The Morgan fingerprint density at radius 1 is 1.10 bits per heavy atom. The third-order valence-corrected chi connectivity index (χ3v) is 3.04. The molecule has 2 aromatic carbocycles. The molecule has 4 heteroatoms. The number of anilines is 1. The molecule has 0 bridgehead atoms. The number of nitrogens with zero attached hydrogens (tertiary/aromatic N) is 2. The number of likely N-dealkylation sites (N-methyl/N-ethyl adjacent to an activating group) is 1. The molecule has 2 aromatic rings. The van der Waals surface area contributed by atoms with E-state index in [-0.39, 0.29) is 5.91 Å². The molecule has 0 spiro atoms. The van der Waals surface area contributed by atoms with Gasteiger partial charge in [-0.2, -0.15) is 0 Å². The lowest BCUT2D eigenvalue weighted by atomic mass is 10.1. The van der Waals surface area contributed by atoms with Crippen LogP contribution >= 0.6 is 0 Å². The van der Waals surface area contributed by atoms with Crippen LogP contribution in [0.2, 0.25) is 0 Å². The Bertz CT molecular complexity index is 664. The lowest BCUT2D eigenvalue weighted by molar-refractivity contribution is -0.113. The van der Waals surface area contributed by atoms with E-state index in [9.17, 15) is 4.79 Å². The highest BCUT2D eigenvalue weighted by molar-refractivity contribution is 6.06. The second kappa shape index (κ2) is 7.05. The van der Waals surface area contributed by atoms with Crippen molar-refractivity contribution >= 4 is 23.9 Å². The third-order valence-electron chi connectivity index (χ3n) is 3.04. The van der Waals surface area contributed by atoms with Gasteiger partial charge in [0.15, 0.2) is 0 Å². The maximum absolute atomic E-state index is 12.2. The molecular formula is C17H16N2O2. The maximum atomic E-state index is 12.2. The molecule has 1 amide bonds. The normalized spacial score (nSPS) is 11.1. The first-order chi connectivity index (χ1) is 10.2. The Morgan fingerprint density at radius 2 is 1.76 bits per heavy atom. The third kappa shape index (κ3) is 3.79. The van der Waals surface area contributed by atoms with E-state index in [2.05, 4.69) is 5.16 Å². The van der Waals surface area contributed by atoms with E-state index >= 15 is 0 Å². The lowest BCUT2D eigenvalue weighted by Crippen LogP contribution is -2.25. The number of hydrogen-bond donors (Lipinski definition) is 1. The van der Waals surface area contributed by atoms with Crippen LogP contribution in [-0.4, -0.2) is 24.4 Å². The second-order valence-electron chi connectivity index (χ2n) is 4.44. The van der Waals surface area contributed by atoms with Crippen molar-refractivity contribution in [3.63, 3.8) is 0 Å². The van der Waals surface area contributed by atoms with E-state index < -0.39 is 0 Å². The van der Waals surface area contributed by atoms with Gasteiger partial charge in [0.2, 0.25) is 0 Å². The van der Waals surface area contributed by atoms with Gasteiger partial charge in [-0.25, -0.2) is 0 Å². The molecule has 0 unspecified atom stereocenters. The van der Waals surface area contributed by atoms with Crippen molar-refractivity contribution < 1.29 is 10.0 Å². The zero-order chi connectivity index (χ0) is 15.1. The number of benzene rings is 2. The van der Waals surface area contributed by atoms with Gasteiger partial charge >= 0.3 is 0 Å². The van der Waals surface area contributed by atoms with Crippen molar-refractivity contribution in [2.24, 2.45) is 5.16 Å². The van der Waals surface area contributed by atoms with Crippen LogP contribution in [0.5, 0.6) is 0 Å². The fourth-order valence-electron chi connectivity index (χ4n) is 1.93. The number of amides is 1. The van der Waals surface area contributed by atoms with Crippen molar-refractivity contribution in [3.8, 4) is 0 Å². The highest BCUT2D eigenvalue weighted by Crippen LogP contribution is 2.18.